The summed E-state index contributed by atoms with van der Waals surface area (Å²) in [5.74, 6) is 0. The van der Waals surface area contributed by atoms with Crippen molar-refractivity contribution in [1.29, 1.82) is 0 Å². The molecule has 0 unspecified atom stereocenters. The van der Waals surface area contributed by atoms with Crippen LogP contribution in [0.5, 0.6) is 0 Å². The fourth-order valence-electron chi connectivity index (χ4n) is 2.57. The molecule has 0 radical (unpaired) electrons. The predicted molar refractivity (Wildman–Crippen MR) is 118 cm³/mol. The number of azo groups is 1. The van der Waals surface area contributed by atoms with Crippen molar-refractivity contribution in [2.45, 2.75) is 6.92 Å². The second-order valence-corrected chi connectivity index (χ2v) is 8.13. The molecule has 0 fully saturated rings. The molecule has 2 aromatic heterocycles. The van der Waals surface area contributed by atoms with Gasteiger partial charge >= 0.3 is 5.56 Å². The van der Waals surface area contributed by atoms with E-state index in [4.69, 9.17) is 34.8 Å². The number of nitrogens with zero attached hydrogens (tertiary/aromatic N) is 4. The van der Waals surface area contributed by atoms with Crippen LogP contribution in [0.2, 0.25) is 15.1 Å². The highest BCUT2D eigenvalue weighted by Gasteiger charge is 2.15. The Balaban J connectivity index is 1.65. The summed E-state index contributed by atoms with van der Waals surface area (Å²) < 4.78 is 1.35. The van der Waals surface area contributed by atoms with Crippen molar-refractivity contribution < 1.29 is 0 Å². The normalized spacial score (nSPS) is 11.4. The smallest absolute Gasteiger partial charge is 0.291 e. The summed E-state index contributed by atoms with van der Waals surface area (Å²) in [5.41, 5.74) is 2.57. The molecule has 0 aliphatic heterocycles. The van der Waals surface area contributed by atoms with Crippen molar-refractivity contribution in [3.8, 4) is 16.4 Å². The van der Waals surface area contributed by atoms with E-state index >= 15 is 0 Å². The number of thiazole rings is 1. The van der Waals surface area contributed by atoms with E-state index in [1.165, 1.54) is 16.0 Å². The zero-order chi connectivity index (χ0) is 20.5. The number of hydrogen-bond acceptors (Lipinski definition) is 5. The molecule has 10 heteroatoms. The minimum absolute atomic E-state index is 0.194. The van der Waals surface area contributed by atoms with E-state index in [0.29, 0.717) is 31.6 Å². The Morgan fingerprint density at radius 3 is 2.52 bits per heavy atom. The molecule has 6 nitrogen and oxygen atoms in total. The number of benzene rings is 2. The molecule has 0 saturated carbocycles. The van der Waals surface area contributed by atoms with Gasteiger partial charge in [-0.05, 0) is 37.3 Å². The second-order valence-electron chi connectivity index (χ2n) is 6.05. The quantitative estimate of drug-likeness (QED) is 0.331. The van der Waals surface area contributed by atoms with E-state index in [9.17, 15) is 4.79 Å². The number of nitrogens with one attached hydrogen (secondary N) is 1. The van der Waals surface area contributed by atoms with Crippen molar-refractivity contribution >= 4 is 57.5 Å². The van der Waals surface area contributed by atoms with Crippen LogP contribution < -0.4 is 5.56 Å². The monoisotopic (exact) mass is 463 g/mol. The van der Waals surface area contributed by atoms with Gasteiger partial charge in [-0.3, -0.25) is 9.89 Å². The van der Waals surface area contributed by atoms with Gasteiger partial charge in [0.15, 0.2) is 5.69 Å². The SMILES string of the molecule is Cc1[nH]n(-c2nc(-c3ccc(Cl)cc3)cs2)c(=O)c1N=Nc1ccc(Cl)c(Cl)c1. The van der Waals surface area contributed by atoms with Gasteiger partial charge in [0.25, 0.3) is 0 Å². The van der Waals surface area contributed by atoms with Crippen LogP contribution in [-0.2, 0) is 0 Å². The van der Waals surface area contributed by atoms with Crippen LogP contribution in [0.25, 0.3) is 16.4 Å². The summed E-state index contributed by atoms with van der Waals surface area (Å²) in [6, 6.07) is 12.2. The van der Waals surface area contributed by atoms with E-state index in [2.05, 4.69) is 20.3 Å². The lowest BCUT2D eigenvalue weighted by atomic mass is 10.2. The first-order valence-corrected chi connectivity index (χ1v) is 10.3. The zero-order valence-corrected chi connectivity index (χ0v) is 17.9. The van der Waals surface area contributed by atoms with Crippen molar-refractivity contribution in [3.63, 3.8) is 0 Å². The van der Waals surface area contributed by atoms with Gasteiger partial charge in [-0.15, -0.1) is 16.5 Å². The summed E-state index contributed by atoms with van der Waals surface area (Å²) >= 11 is 19.2. The number of rotatable bonds is 4. The zero-order valence-electron chi connectivity index (χ0n) is 14.9. The number of aryl methyl sites for hydroxylation is 1. The van der Waals surface area contributed by atoms with E-state index < -0.39 is 0 Å². The molecule has 2 aromatic carbocycles. The lowest BCUT2D eigenvalue weighted by molar-refractivity contribution is 0.827. The van der Waals surface area contributed by atoms with E-state index in [1.54, 1.807) is 37.3 Å². The van der Waals surface area contributed by atoms with Gasteiger partial charge in [0, 0.05) is 16.0 Å². The maximum atomic E-state index is 12.8. The molecule has 0 aliphatic rings. The van der Waals surface area contributed by atoms with Crippen LogP contribution in [0.15, 0.2) is 62.9 Å². The van der Waals surface area contributed by atoms with E-state index in [-0.39, 0.29) is 11.2 Å². The number of hydrogen-bond donors (Lipinski definition) is 1. The molecule has 146 valence electrons. The number of aromatic amines is 1. The fraction of sp³-hybridized carbons (Fsp3) is 0.0526. The lowest BCUT2D eigenvalue weighted by Gasteiger charge is -1.97. The van der Waals surface area contributed by atoms with Crippen LogP contribution >= 0.6 is 46.1 Å². The molecule has 4 aromatic rings. The maximum Gasteiger partial charge on any atom is 0.301 e. The van der Waals surface area contributed by atoms with Crippen molar-refractivity contribution in [3.05, 3.63) is 79.0 Å². The van der Waals surface area contributed by atoms with Gasteiger partial charge in [-0.2, -0.15) is 9.80 Å². The molecule has 0 bridgehead atoms. The highest BCUT2D eigenvalue weighted by molar-refractivity contribution is 7.12. The van der Waals surface area contributed by atoms with Gasteiger partial charge in [0.05, 0.1) is 27.1 Å². The molecular formula is C19H12Cl3N5OS. The summed E-state index contributed by atoms with van der Waals surface area (Å²) in [4.78, 5) is 17.3. The minimum Gasteiger partial charge on any atom is -0.291 e. The highest BCUT2D eigenvalue weighted by atomic mass is 35.5. The third-order valence-corrected chi connectivity index (χ3v) is 5.85. The molecule has 0 aliphatic carbocycles. The van der Waals surface area contributed by atoms with Crippen LogP contribution in [0, 0.1) is 6.92 Å². The number of H-pyrrole nitrogens is 1. The molecule has 2 heterocycles. The molecular weight excluding hydrogens is 453 g/mol. The summed E-state index contributed by atoms with van der Waals surface area (Å²) in [7, 11) is 0. The third-order valence-electron chi connectivity index (χ3n) is 4.03. The average Bonchev–Trinajstić information content (AvgIpc) is 3.29. The second kappa shape index (κ2) is 8.12. The van der Waals surface area contributed by atoms with Crippen molar-refractivity contribution in [2.24, 2.45) is 10.2 Å². The predicted octanol–water partition coefficient (Wildman–Crippen LogP) is 6.97. The highest BCUT2D eigenvalue weighted by Crippen LogP contribution is 2.28. The fourth-order valence-corrected chi connectivity index (χ4v) is 3.77. The van der Waals surface area contributed by atoms with Gasteiger partial charge in [0.1, 0.15) is 0 Å². The molecule has 29 heavy (non-hydrogen) atoms. The maximum absolute atomic E-state index is 12.8. The van der Waals surface area contributed by atoms with E-state index in [0.717, 1.165) is 11.3 Å². The van der Waals surface area contributed by atoms with Gasteiger partial charge in [-0.1, -0.05) is 46.9 Å². The van der Waals surface area contributed by atoms with E-state index in [1.807, 2.05) is 17.5 Å². The minimum atomic E-state index is -0.344. The molecule has 0 amide bonds. The Morgan fingerprint density at radius 2 is 1.79 bits per heavy atom. The third kappa shape index (κ3) is 4.13. The Hall–Kier alpha value is -2.45. The Bertz CT molecular complexity index is 1270. The van der Waals surface area contributed by atoms with Crippen LogP contribution in [0.1, 0.15) is 5.69 Å². The molecule has 0 saturated heterocycles. The molecule has 1 N–H and O–H groups in total. The van der Waals surface area contributed by atoms with Gasteiger partial charge in [-0.25, -0.2) is 4.98 Å². The summed E-state index contributed by atoms with van der Waals surface area (Å²) in [6.07, 6.45) is 0. The first-order valence-electron chi connectivity index (χ1n) is 8.32. The molecule has 0 spiro atoms. The van der Waals surface area contributed by atoms with Crippen molar-refractivity contribution in [2.75, 3.05) is 0 Å². The molecule has 4 rings (SSSR count). The van der Waals surface area contributed by atoms with Crippen molar-refractivity contribution in [1.82, 2.24) is 14.8 Å². The first kappa shape index (κ1) is 19.8. The lowest BCUT2D eigenvalue weighted by Crippen LogP contribution is -2.13. The molecule has 0 atom stereocenters. The standard InChI is InChI=1S/C19H12Cl3N5OS/c1-10-17(25-24-13-6-7-14(21)15(22)8-13)18(28)27(26-10)19-23-16(9-29-19)11-2-4-12(20)5-3-11/h2-9,26H,1H3. The Kier molecular flexibility index (Phi) is 5.56. The number of aromatic nitrogens is 3. The average molecular weight is 465 g/mol. The van der Waals surface area contributed by atoms with Gasteiger partial charge < -0.3 is 0 Å². The number of halogens is 3. The Morgan fingerprint density at radius 1 is 1.03 bits per heavy atom. The van der Waals surface area contributed by atoms with Crippen LogP contribution in [0.4, 0.5) is 11.4 Å². The summed E-state index contributed by atoms with van der Waals surface area (Å²) in [5, 5.41) is 15.0. The first-order chi connectivity index (χ1) is 13.9. The van der Waals surface area contributed by atoms with Crippen LogP contribution in [-0.4, -0.2) is 14.8 Å². The Labute approximate surface area is 184 Å². The van der Waals surface area contributed by atoms with Crippen LogP contribution in [0.3, 0.4) is 0 Å². The summed E-state index contributed by atoms with van der Waals surface area (Å²) in [6.45, 7) is 1.74. The van der Waals surface area contributed by atoms with Gasteiger partial charge in [0.2, 0.25) is 5.13 Å². The largest absolute Gasteiger partial charge is 0.301 e. The topological polar surface area (TPSA) is 75.4 Å².